The number of pyridine rings is 1. The van der Waals surface area contributed by atoms with E-state index in [1.165, 1.54) is 5.56 Å². The number of hydrogen-bond donors (Lipinski definition) is 1. The van der Waals surface area contributed by atoms with E-state index in [1.807, 2.05) is 12.4 Å². The zero-order valence-corrected chi connectivity index (χ0v) is 8.03. The van der Waals surface area contributed by atoms with E-state index in [9.17, 15) is 0 Å². The van der Waals surface area contributed by atoms with Gasteiger partial charge < -0.3 is 5.32 Å². The van der Waals surface area contributed by atoms with Gasteiger partial charge in [-0.25, -0.2) is 0 Å². The molecule has 1 fully saturated rings. The lowest BCUT2D eigenvalue weighted by Gasteiger charge is -2.32. The molecule has 14 heavy (non-hydrogen) atoms. The highest BCUT2D eigenvalue weighted by Gasteiger charge is 2.37. The van der Waals surface area contributed by atoms with Crippen molar-refractivity contribution in [3.05, 3.63) is 24.0 Å². The molecule has 3 heterocycles. The van der Waals surface area contributed by atoms with Crippen LogP contribution < -0.4 is 5.32 Å². The number of nitrogens with zero attached hydrogens (tertiary/aromatic N) is 2. The second-order valence-corrected chi connectivity index (χ2v) is 4.06. The molecule has 1 saturated heterocycles. The van der Waals surface area contributed by atoms with Crippen molar-refractivity contribution in [3.8, 4) is 0 Å². The minimum absolute atomic E-state index is 0.212. The highest BCUT2D eigenvalue weighted by molar-refractivity contribution is 5.84. The van der Waals surface area contributed by atoms with Crippen molar-refractivity contribution in [3.63, 3.8) is 0 Å². The van der Waals surface area contributed by atoms with E-state index < -0.39 is 0 Å². The Kier molecular flexibility index (Phi) is 1.67. The number of nitrogens with one attached hydrogen (secondary N) is 1. The van der Waals surface area contributed by atoms with Crippen molar-refractivity contribution in [2.75, 3.05) is 13.1 Å². The Hall–Kier alpha value is -1.22. The molecular weight excluding hydrogens is 174 g/mol. The monoisotopic (exact) mass is 187 g/mol. The van der Waals surface area contributed by atoms with Gasteiger partial charge in [-0.2, -0.15) is 0 Å². The van der Waals surface area contributed by atoms with E-state index >= 15 is 0 Å². The lowest BCUT2D eigenvalue weighted by atomic mass is 9.75. The van der Waals surface area contributed by atoms with Crippen LogP contribution in [-0.2, 0) is 5.41 Å². The van der Waals surface area contributed by atoms with Crippen LogP contribution in [-0.4, -0.2) is 24.3 Å². The largest absolute Gasteiger partial charge is 0.317 e. The molecule has 0 radical (unpaired) electrons. The maximum atomic E-state index is 4.46. The Bertz CT molecular complexity index is 378. The Morgan fingerprint density at radius 3 is 3.00 bits per heavy atom. The highest BCUT2D eigenvalue weighted by atomic mass is 14.9. The van der Waals surface area contributed by atoms with Gasteiger partial charge in [-0.1, -0.05) is 0 Å². The van der Waals surface area contributed by atoms with Crippen molar-refractivity contribution in [1.29, 1.82) is 0 Å². The lowest BCUT2D eigenvalue weighted by Crippen LogP contribution is -2.39. The molecule has 1 spiro atoms. The highest BCUT2D eigenvalue weighted by Crippen LogP contribution is 2.41. The van der Waals surface area contributed by atoms with E-state index in [4.69, 9.17) is 0 Å². The predicted octanol–water partition coefficient (Wildman–Crippen LogP) is 1.42. The van der Waals surface area contributed by atoms with Gasteiger partial charge in [0.15, 0.2) is 0 Å². The fourth-order valence-corrected chi connectivity index (χ4v) is 2.44. The first kappa shape index (κ1) is 8.12. The van der Waals surface area contributed by atoms with Gasteiger partial charge in [-0.15, -0.1) is 0 Å². The summed E-state index contributed by atoms with van der Waals surface area (Å²) in [5.74, 6) is 0. The molecule has 0 bridgehead atoms. The molecule has 0 unspecified atom stereocenters. The smallest absolute Gasteiger partial charge is 0.0850 e. The van der Waals surface area contributed by atoms with Gasteiger partial charge in [-0.05, 0) is 37.6 Å². The Morgan fingerprint density at radius 1 is 1.29 bits per heavy atom. The van der Waals surface area contributed by atoms with Crippen LogP contribution in [0.1, 0.15) is 18.4 Å². The van der Waals surface area contributed by atoms with Gasteiger partial charge in [0.25, 0.3) is 0 Å². The number of hydrogen-bond acceptors (Lipinski definition) is 3. The average Bonchev–Trinajstić information content (AvgIpc) is 2.60. The molecule has 1 aromatic rings. The fourth-order valence-electron chi connectivity index (χ4n) is 2.44. The summed E-state index contributed by atoms with van der Waals surface area (Å²) in [6, 6.07) is 2.12. The summed E-state index contributed by atoms with van der Waals surface area (Å²) in [4.78, 5) is 8.57. The molecule has 72 valence electrons. The van der Waals surface area contributed by atoms with Crippen LogP contribution >= 0.6 is 0 Å². The quantitative estimate of drug-likeness (QED) is 0.667. The second-order valence-electron chi connectivity index (χ2n) is 4.06. The first-order valence-corrected chi connectivity index (χ1v) is 5.11. The third-order valence-corrected chi connectivity index (χ3v) is 3.28. The van der Waals surface area contributed by atoms with Crippen molar-refractivity contribution in [1.82, 2.24) is 10.3 Å². The normalized spacial score (nSPS) is 22.6. The van der Waals surface area contributed by atoms with Crippen molar-refractivity contribution in [2.45, 2.75) is 18.3 Å². The number of rotatable bonds is 0. The zero-order chi connectivity index (χ0) is 9.43. The summed E-state index contributed by atoms with van der Waals surface area (Å²) >= 11 is 0. The van der Waals surface area contributed by atoms with Gasteiger partial charge in [-0.3, -0.25) is 9.98 Å². The van der Waals surface area contributed by atoms with Crippen LogP contribution in [0.25, 0.3) is 0 Å². The maximum absolute atomic E-state index is 4.46. The molecule has 1 aromatic heterocycles. The molecule has 3 rings (SSSR count). The summed E-state index contributed by atoms with van der Waals surface area (Å²) in [6.45, 7) is 2.18. The Balaban J connectivity index is 2.07. The van der Waals surface area contributed by atoms with Crippen LogP contribution in [0.15, 0.2) is 23.5 Å². The maximum Gasteiger partial charge on any atom is 0.0850 e. The van der Waals surface area contributed by atoms with Crippen molar-refractivity contribution < 1.29 is 0 Å². The third-order valence-electron chi connectivity index (χ3n) is 3.28. The number of piperidine rings is 1. The van der Waals surface area contributed by atoms with Crippen LogP contribution in [0.4, 0.5) is 5.69 Å². The summed E-state index contributed by atoms with van der Waals surface area (Å²) < 4.78 is 0. The molecular formula is C11H13N3. The van der Waals surface area contributed by atoms with Crippen molar-refractivity contribution >= 4 is 11.9 Å². The lowest BCUT2D eigenvalue weighted by molar-refractivity contribution is 0.408. The Labute approximate surface area is 83.3 Å². The molecule has 1 N–H and O–H groups in total. The van der Waals surface area contributed by atoms with E-state index in [0.29, 0.717) is 0 Å². The second kappa shape index (κ2) is 2.89. The van der Waals surface area contributed by atoms with Crippen molar-refractivity contribution in [2.24, 2.45) is 4.99 Å². The molecule has 0 aromatic carbocycles. The minimum Gasteiger partial charge on any atom is -0.317 e. The fraction of sp³-hybridized carbons (Fsp3) is 0.455. The first-order valence-electron chi connectivity index (χ1n) is 5.11. The van der Waals surface area contributed by atoms with Gasteiger partial charge in [0.05, 0.1) is 11.9 Å². The number of fused-ring (bicyclic) bond motifs is 2. The summed E-state index contributed by atoms with van der Waals surface area (Å²) in [5.41, 5.74) is 2.65. The van der Waals surface area contributed by atoms with Gasteiger partial charge >= 0.3 is 0 Å². The van der Waals surface area contributed by atoms with Crippen LogP contribution in [0, 0.1) is 0 Å². The molecule has 0 atom stereocenters. The molecule has 2 aliphatic rings. The van der Waals surface area contributed by atoms with Gasteiger partial charge in [0, 0.05) is 17.8 Å². The number of aliphatic imine (C=N–C) groups is 1. The van der Waals surface area contributed by atoms with Gasteiger partial charge in [0.2, 0.25) is 0 Å². The van der Waals surface area contributed by atoms with E-state index in [2.05, 4.69) is 27.6 Å². The summed E-state index contributed by atoms with van der Waals surface area (Å²) in [6.07, 6.45) is 8.18. The molecule has 0 amide bonds. The molecule has 2 aliphatic heterocycles. The summed E-state index contributed by atoms with van der Waals surface area (Å²) in [5, 5.41) is 3.39. The first-order chi connectivity index (χ1) is 6.91. The molecule has 0 aliphatic carbocycles. The molecule has 3 nitrogen and oxygen atoms in total. The Morgan fingerprint density at radius 2 is 2.14 bits per heavy atom. The third kappa shape index (κ3) is 1.02. The minimum atomic E-state index is 0.212. The van der Waals surface area contributed by atoms with Crippen LogP contribution in [0.2, 0.25) is 0 Å². The van der Waals surface area contributed by atoms with E-state index in [-0.39, 0.29) is 5.41 Å². The summed E-state index contributed by atoms with van der Waals surface area (Å²) in [7, 11) is 0. The molecule has 3 heteroatoms. The average molecular weight is 187 g/mol. The van der Waals surface area contributed by atoms with Gasteiger partial charge in [0.1, 0.15) is 0 Å². The zero-order valence-electron chi connectivity index (χ0n) is 8.03. The predicted molar refractivity (Wildman–Crippen MR) is 56.2 cm³/mol. The topological polar surface area (TPSA) is 37.3 Å². The van der Waals surface area contributed by atoms with E-state index in [1.54, 1.807) is 0 Å². The SMILES string of the molecule is C1=Nc2cnccc2C12CCNCC2. The molecule has 0 saturated carbocycles. The number of aromatic nitrogens is 1. The van der Waals surface area contributed by atoms with E-state index in [0.717, 1.165) is 31.6 Å². The van der Waals surface area contributed by atoms with Crippen LogP contribution in [0.3, 0.4) is 0 Å². The standard InChI is InChI=1S/C11H13N3/c1-4-13-7-10-9(1)11(8-14-10)2-5-12-6-3-11/h1,4,7-8,12H,2-3,5-6H2. The van der Waals surface area contributed by atoms with Crippen LogP contribution in [0.5, 0.6) is 0 Å².